The van der Waals surface area contributed by atoms with E-state index in [1.165, 1.54) is 18.2 Å². The summed E-state index contributed by atoms with van der Waals surface area (Å²) in [5.41, 5.74) is 3.32. The number of carbonyl (C=O) groups is 1. The Morgan fingerprint density at radius 3 is 2.56 bits per heavy atom. The largest absolute Gasteiger partial charge is 0.487 e. The zero-order valence-electron chi connectivity index (χ0n) is 17.6. The molecule has 2 aromatic carbocycles. The summed E-state index contributed by atoms with van der Waals surface area (Å²) in [4.78, 5) is 22.6. The Labute approximate surface area is 198 Å². The average Bonchev–Trinajstić information content (AvgIpc) is 3.02. The van der Waals surface area contributed by atoms with Gasteiger partial charge in [0.25, 0.3) is 11.6 Å². The van der Waals surface area contributed by atoms with Crippen LogP contribution in [0.1, 0.15) is 33.7 Å². The van der Waals surface area contributed by atoms with Crippen molar-refractivity contribution in [1.29, 1.82) is 0 Å². The van der Waals surface area contributed by atoms with Crippen LogP contribution in [0.4, 0.5) is 5.69 Å². The number of aromatic nitrogens is 2. The summed E-state index contributed by atoms with van der Waals surface area (Å²) in [5, 5.41) is 18.3. The van der Waals surface area contributed by atoms with E-state index < -0.39 is 4.92 Å². The van der Waals surface area contributed by atoms with Crippen molar-refractivity contribution < 1.29 is 14.5 Å². The lowest BCUT2D eigenvalue weighted by Gasteiger charge is -2.09. The molecule has 0 saturated carbocycles. The highest BCUT2D eigenvalue weighted by molar-refractivity contribution is 9.10. The number of benzene rings is 2. The molecule has 1 aromatic heterocycles. The lowest BCUT2D eigenvalue weighted by atomic mass is 10.1. The molecule has 0 radical (unpaired) electrons. The molecule has 1 heterocycles. The van der Waals surface area contributed by atoms with E-state index in [9.17, 15) is 14.9 Å². The fraction of sp³-hybridized carbons (Fsp3) is 0.273. The van der Waals surface area contributed by atoms with E-state index in [2.05, 4.69) is 26.3 Å². The molecule has 0 aliphatic carbocycles. The molecule has 32 heavy (non-hydrogen) atoms. The highest BCUT2D eigenvalue weighted by Gasteiger charge is 2.11. The van der Waals surface area contributed by atoms with E-state index in [0.29, 0.717) is 17.9 Å². The number of non-ortho nitro benzene ring substituents is 1. The van der Waals surface area contributed by atoms with Gasteiger partial charge in [0.05, 0.1) is 20.1 Å². The van der Waals surface area contributed by atoms with Crippen LogP contribution in [-0.4, -0.2) is 27.2 Å². The summed E-state index contributed by atoms with van der Waals surface area (Å²) in [6.07, 6.45) is 0.766. The van der Waals surface area contributed by atoms with E-state index in [1.54, 1.807) is 24.3 Å². The molecule has 3 rings (SSSR count). The molecule has 8 nitrogen and oxygen atoms in total. The first kappa shape index (κ1) is 23.7. The van der Waals surface area contributed by atoms with E-state index in [4.69, 9.17) is 16.3 Å². The van der Waals surface area contributed by atoms with Crippen molar-refractivity contribution in [3.05, 3.63) is 84.6 Å². The molecule has 0 unspecified atom stereocenters. The van der Waals surface area contributed by atoms with Gasteiger partial charge in [-0.05, 0) is 60.0 Å². The van der Waals surface area contributed by atoms with Crippen molar-refractivity contribution in [1.82, 2.24) is 15.1 Å². The minimum atomic E-state index is -0.516. The topological polar surface area (TPSA) is 99.3 Å². The van der Waals surface area contributed by atoms with Crippen molar-refractivity contribution in [3.8, 4) is 5.75 Å². The lowest BCUT2D eigenvalue weighted by molar-refractivity contribution is -0.384. The molecule has 1 amide bonds. The zero-order valence-corrected chi connectivity index (χ0v) is 19.9. The predicted octanol–water partition coefficient (Wildman–Crippen LogP) is 5.22. The zero-order chi connectivity index (χ0) is 23.3. The second kappa shape index (κ2) is 10.6. The fourth-order valence-corrected chi connectivity index (χ4v) is 3.57. The summed E-state index contributed by atoms with van der Waals surface area (Å²) in [5.74, 6) is 0.208. The van der Waals surface area contributed by atoms with Crippen LogP contribution in [0, 0.1) is 24.0 Å². The van der Waals surface area contributed by atoms with Crippen molar-refractivity contribution in [3.63, 3.8) is 0 Å². The lowest BCUT2D eigenvalue weighted by Crippen LogP contribution is -2.25. The van der Waals surface area contributed by atoms with Gasteiger partial charge in [-0.2, -0.15) is 5.10 Å². The maximum Gasteiger partial charge on any atom is 0.271 e. The van der Waals surface area contributed by atoms with Gasteiger partial charge in [-0.25, -0.2) is 0 Å². The van der Waals surface area contributed by atoms with Crippen LogP contribution in [0.3, 0.4) is 0 Å². The molecular weight excluding hydrogens is 500 g/mol. The van der Waals surface area contributed by atoms with Gasteiger partial charge in [0.15, 0.2) is 0 Å². The number of amides is 1. The third-order valence-electron chi connectivity index (χ3n) is 4.86. The molecule has 1 N–H and O–H groups in total. The van der Waals surface area contributed by atoms with Crippen LogP contribution < -0.4 is 10.1 Å². The van der Waals surface area contributed by atoms with Crippen molar-refractivity contribution in [2.75, 3.05) is 6.54 Å². The first-order valence-electron chi connectivity index (χ1n) is 9.89. The van der Waals surface area contributed by atoms with Gasteiger partial charge in [0.1, 0.15) is 12.4 Å². The van der Waals surface area contributed by atoms with Crippen LogP contribution in [-0.2, 0) is 13.2 Å². The Balaban J connectivity index is 1.46. The smallest absolute Gasteiger partial charge is 0.271 e. The van der Waals surface area contributed by atoms with Gasteiger partial charge in [-0.1, -0.05) is 23.7 Å². The Kier molecular flexibility index (Phi) is 7.87. The van der Waals surface area contributed by atoms with Crippen LogP contribution in [0.5, 0.6) is 5.75 Å². The normalized spacial score (nSPS) is 10.8. The molecule has 0 fully saturated rings. The number of nitrogens with one attached hydrogen (secondary N) is 1. The van der Waals surface area contributed by atoms with Gasteiger partial charge in [-0.15, -0.1) is 0 Å². The Morgan fingerprint density at radius 2 is 1.97 bits per heavy atom. The minimum absolute atomic E-state index is 0.0968. The Hall–Kier alpha value is -2.91. The number of rotatable bonds is 9. The fourth-order valence-electron chi connectivity index (χ4n) is 3.06. The molecule has 3 aromatic rings. The first-order chi connectivity index (χ1) is 15.3. The van der Waals surface area contributed by atoms with Gasteiger partial charge in [0, 0.05) is 36.5 Å². The van der Waals surface area contributed by atoms with Gasteiger partial charge >= 0.3 is 0 Å². The molecule has 0 bridgehead atoms. The number of ether oxygens (including phenoxy) is 1. The third kappa shape index (κ3) is 5.86. The maximum absolute atomic E-state index is 12.4. The Bertz CT molecular complexity index is 1130. The van der Waals surface area contributed by atoms with Gasteiger partial charge in [-0.3, -0.25) is 19.6 Å². The molecule has 0 atom stereocenters. The van der Waals surface area contributed by atoms with Crippen LogP contribution in [0.15, 0.2) is 46.9 Å². The first-order valence-corrected chi connectivity index (χ1v) is 11.1. The summed E-state index contributed by atoms with van der Waals surface area (Å²) in [7, 11) is 0. The quantitative estimate of drug-likeness (QED) is 0.236. The van der Waals surface area contributed by atoms with E-state index in [-0.39, 0.29) is 23.2 Å². The number of hydrogen-bond donors (Lipinski definition) is 1. The second-order valence-corrected chi connectivity index (χ2v) is 8.38. The number of aryl methyl sites for hydroxylation is 2. The van der Waals surface area contributed by atoms with E-state index in [1.807, 2.05) is 18.5 Å². The predicted molar refractivity (Wildman–Crippen MR) is 125 cm³/mol. The number of nitro groups is 1. The summed E-state index contributed by atoms with van der Waals surface area (Å²) in [6, 6.07) is 11.1. The molecule has 10 heteroatoms. The number of hydrogen-bond acceptors (Lipinski definition) is 5. The summed E-state index contributed by atoms with van der Waals surface area (Å²) >= 11 is 9.54. The molecule has 0 aliphatic heterocycles. The minimum Gasteiger partial charge on any atom is -0.487 e. The second-order valence-electron chi connectivity index (χ2n) is 7.17. The number of nitro benzene ring substituents is 1. The molecular formula is C22H22BrClN4O4. The summed E-state index contributed by atoms with van der Waals surface area (Å²) in [6.45, 7) is 5.43. The number of nitrogens with zero attached hydrogens (tertiary/aromatic N) is 3. The van der Waals surface area contributed by atoms with Gasteiger partial charge < -0.3 is 10.1 Å². The highest BCUT2D eigenvalue weighted by Crippen LogP contribution is 2.29. The SMILES string of the molecule is Cc1nn(CCCNC(=O)c2ccc(COc3ccc([N+](=O)[O-])cc3Cl)cc2)c(C)c1Br. The van der Waals surface area contributed by atoms with Crippen molar-refractivity contribution in [2.24, 2.45) is 0 Å². The van der Waals surface area contributed by atoms with Crippen LogP contribution in [0.2, 0.25) is 5.02 Å². The third-order valence-corrected chi connectivity index (χ3v) is 6.31. The molecule has 168 valence electrons. The van der Waals surface area contributed by atoms with E-state index >= 15 is 0 Å². The van der Waals surface area contributed by atoms with Crippen LogP contribution >= 0.6 is 27.5 Å². The molecule has 0 spiro atoms. The maximum atomic E-state index is 12.4. The number of halogens is 2. The standard InChI is InChI=1S/C22H22BrClN4O4/c1-14-21(23)15(2)27(26-14)11-3-10-25-22(29)17-6-4-16(5-7-17)13-32-20-9-8-18(28(30)31)12-19(20)24/h4-9,12H,3,10-11,13H2,1-2H3,(H,25,29). The van der Waals surface area contributed by atoms with E-state index in [0.717, 1.165) is 34.4 Å². The molecule has 0 aliphatic rings. The molecule has 0 saturated heterocycles. The van der Waals surface area contributed by atoms with Gasteiger partial charge in [0.2, 0.25) is 0 Å². The average molecular weight is 522 g/mol. The Morgan fingerprint density at radius 1 is 1.25 bits per heavy atom. The van der Waals surface area contributed by atoms with Crippen molar-refractivity contribution >= 4 is 39.1 Å². The van der Waals surface area contributed by atoms with Crippen LogP contribution in [0.25, 0.3) is 0 Å². The highest BCUT2D eigenvalue weighted by atomic mass is 79.9. The van der Waals surface area contributed by atoms with Crippen molar-refractivity contribution in [2.45, 2.75) is 33.4 Å². The number of carbonyl (C=O) groups excluding carboxylic acids is 1. The summed E-state index contributed by atoms with van der Waals surface area (Å²) < 4.78 is 8.58. The monoisotopic (exact) mass is 520 g/mol.